The van der Waals surface area contributed by atoms with Crippen molar-refractivity contribution in [1.82, 2.24) is 9.97 Å². The maximum atomic E-state index is 9.88. The van der Waals surface area contributed by atoms with Crippen LogP contribution in [0.15, 0.2) is 12.3 Å². The van der Waals surface area contributed by atoms with Crippen LogP contribution in [0.5, 0.6) is 0 Å². The molecule has 0 bridgehead atoms. The fraction of sp³-hybridized carbons (Fsp3) is 0.667. The first kappa shape index (κ1) is 12.1. The summed E-state index contributed by atoms with van der Waals surface area (Å²) < 4.78 is 0. The van der Waals surface area contributed by atoms with Crippen molar-refractivity contribution in [3.63, 3.8) is 0 Å². The quantitative estimate of drug-likeness (QED) is 0.821. The first-order valence-electron chi connectivity index (χ1n) is 6.01. The summed E-state index contributed by atoms with van der Waals surface area (Å²) in [5, 5.41) is 9.88. The van der Waals surface area contributed by atoms with E-state index in [4.69, 9.17) is 0 Å². The molecule has 1 aromatic rings. The highest BCUT2D eigenvalue weighted by atomic mass is 16.3. The van der Waals surface area contributed by atoms with Crippen LogP contribution >= 0.6 is 0 Å². The third-order valence-electron chi connectivity index (χ3n) is 3.29. The zero-order chi connectivity index (χ0) is 12.4. The predicted octanol–water partition coefficient (Wildman–Crippen LogP) is 0.750. The van der Waals surface area contributed by atoms with Crippen LogP contribution in [0.2, 0.25) is 0 Å². The van der Waals surface area contributed by atoms with E-state index >= 15 is 0 Å². The van der Waals surface area contributed by atoms with E-state index in [1.165, 1.54) is 0 Å². The molecule has 2 heterocycles. The van der Waals surface area contributed by atoms with Crippen molar-refractivity contribution < 1.29 is 5.11 Å². The highest BCUT2D eigenvalue weighted by Crippen LogP contribution is 2.21. The molecule has 1 N–H and O–H groups in total. The SMILES string of the molecule is CC1CCN(c2nccc(N(C)C)n2)CC1O. The van der Waals surface area contributed by atoms with Gasteiger partial charge in [0.1, 0.15) is 5.82 Å². The molecule has 17 heavy (non-hydrogen) atoms. The number of aliphatic hydroxyl groups is 1. The molecule has 1 saturated heterocycles. The van der Waals surface area contributed by atoms with Gasteiger partial charge in [0, 0.05) is 33.4 Å². The van der Waals surface area contributed by atoms with Crippen LogP contribution in [0.3, 0.4) is 0 Å². The number of aromatic nitrogens is 2. The van der Waals surface area contributed by atoms with Crippen LogP contribution in [0, 0.1) is 5.92 Å². The van der Waals surface area contributed by atoms with Gasteiger partial charge in [-0.25, -0.2) is 4.98 Å². The molecule has 5 heteroatoms. The molecule has 2 rings (SSSR count). The summed E-state index contributed by atoms with van der Waals surface area (Å²) in [7, 11) is 3.92. The van der Waals surface area contributed by atoms with Crippen molar-refractivity contribution in [2.24, 2.45) is 5.92 Å². The van der Waals surface area contributed by atoms with E-state index < -0.39 is 0 Å². The van der Waals surface area contributed by atoms with Gasteiger partial charge in [0.15, 0.2) is 0 Å². The predicted molar refractivity (Wildman–Crippen MR) is 68.4 cm³/mol. The molecule has 5 nitrogen and oxygen atoms in total. The molecule has 1 aliphatic heterocycles. The molecule has 94 valence electrons. The maximum absolute atomic E-state index is 9.88. The number of nitrogens with zero attached hydrogens (tertiary/aromatic N) is 4. The van der Waals surface area contributed by atoms with Crippen molar-refractivity contribution in [2.45, 2.75) is 19.4 Å². The summed E-state index contributed by atoms with van der Waals surface area (Å²) in [6.45, 7) is 3.62. The Kier molecular flexibility index (Phi) is 3.47. The summed E-state index contributed by atoms with van der Waals surface area (Å²) in [4.78, 5) is 12.8. The Morgan fingerprint density at radius 2 is 2.24 bits per heavy atom. The smallest absolute Gasteiger partial charge is 0.227 e. The van der Waals surface area contributed by atoms with E-state index in [1.54, 1.807) is 6.20 Å². The second-order valence-electron chi connectivity index (χ2n) is 4.89. The number of piperidine rings is 1. The second kappa shape index (κ2) is 4.87. The van der Waals surface area contributed by atoms with E-state index in [9.17, 15) is 5.11 Å². The molecule has 0 amide bonds. The number of hydrogen-bond acceptors (Lipinski definition) is 5. The van der Waals surface area contributed by atoms with Gasteiger partial charge in [-0.05, 0) is 18.4 Å². The molecule has 0 aliphatic carbocycles. The fourth-order valence-corrected chi connectivity index (χ4v) is 1.97. The number of β-amino-alcohol motifs (C(OH)–C–C–N with tert-alkyl or cyclic N) is 1. The first-order chi connectivity index (χ1) is 8.08. The van der Waals surface area contributed by atoms with Crippen molar-refractivity contribution >= 4 is 11.8 Å². The molecule has 1 fully saturated rings. The number of rotatable bonds is 2. The summed E-state index contributed by atoms with van der Waals surface area (Å²) in [6, 6.07) is 1.88. The Morgan fingerprint density at radius 1 is 1.47 bits per heavy atom. The molecule has 2 unspecified atom stereocenters. The minimum absolute atomic E-state index is 0.282. The van der Waals surface area contributed by atoms with E-state index in [-0.39, 0.29) is 6.10 Å². The van der Waals surface area contributed by atoms with E-state index in [0.717, 1.165) is 18.8 Å². The lowest BCUT2D eigenvalue weighted by atomic mass is 9.96. The average Bonchev–Trinajstić information content (AvgIpc) is 2.33. The lowest BCUT2D eigenvalue weighted by molar-refractivity contribution is 0.102. The van der Waals surface area contributed by atoms with Crippen LogP contribution in [-0.2, 0) is 0 Å². The second-order valence-corrected chi connectivity index (χ2v) is 4.89. The van der Waals surface area contributed by atoms with Gasteiger partial charge in [0.2, 0.25) is 5.95 Å². The van der Waals surface area contributed by atoms with Crippen LogP contribution in [0.25, 0.3) is 0 Å². The summed E-state index contributed by atoms with van der Waals surface area (Å²) in [5.74, 6) is 1.97. The van der Waals surface area contributed by atoms with Gasteiger partial charge in [-0.3, -0.25) is 0 Å². The lowest BCUT2D eigenvalue weighted by Gasteiger charge is -2.34. The Labute approximate surface area is 102 Å². The highest BCUT2D eigenvalue weighted by molar-refractivity contribution is 5.42. The van der Waals surface area contributed by atoms with E-state index in [2.05, 4.69) is 21.8 Å². The van der Waals surface area contributed by atoms with Crippen LogP contribution in [0.1, 0.15) is 13.3 Å². The fourth-order valence-electron chi connectivity index (χ4n) is 1.97. The Morgan fingerprint density at radius 3 is 2.88 bits per heavy atom. The van der Waals surface area contributed by atoms with Crippen LogP contribution in [0.4, 0.5) is 11.8 Å². The zero-order valence-corrected chi connectivity index (χ0v) is 10.7. The van der Waals surface area contributed by atoms with Crippen LogP contribution in [-0.4, -0.2) is 48.4 Å². The largest absolute Gasteiger partial charge is 0.391 e. The monoisotopic (exact) mass is 236 g/mol. The molecular formula is C12H20N4O. The molecule has 1 aromatic heterocycles. The van der Waals surface area contributed by atoms with Gasteiger partial charge >= 0.3 is 0 Å². The summed E-state index contributed by atoms with van der Waals surface area (Å²) >= 11 is 0. The van der Waals surface area contributed by atoms with Gasteiger partial charge in [0.05, 0.1) is 6.10 Å². The molecule has 0 radical (unpaired) electrons. The standard InChI is InChI=1S/C12H20N4O/c1-9-5-7-16(8-10(9)17)12-13-6-4-11(14-12)15(2)3/h4,6,9-10,17H,5,7-8H2,1-3H3. The molecular weight excluding hydrogens is 216 g/mol. The maximum Gasteiger partial charge on any atom is 0.227 e. The van der Waals surface area contributed by atoms with Gasteiger partial charge in [0.25, 0.3) is 0 Å². The van der Waals surface area contributed by atoms with Gasteiger partial charge < -0.3 is 14.9 Å². The van der Waals surface area contributed by atoms with Crippen molar-refractivity contribution in [1.29, 1.82) is 0 Å². The minimum Gasteiger partial charge on any atom is -0.391 e. The molecule has 1 aliphatic rings. The molecule has 0 saturated carbocycles. The average molecular weight is 236 g/mol. The number of hydrogen-bond donors (Lipinski definition) is 1. The highest BCUT2D eigenvalue weighted by Gasteiger charge is 2.25. The van der Waals surface area contributed by atoms with Crippen molar-refractivity contribution in [3.8, 4) is 0 Å². The third kappa shape index (κ3) is 2.66. The molecule has 0 aromatic carbocycles. The first-order valence-corrected chi connectivity index (χ1v) is 6.01. The Bertz CT molecular complexity index is 383. The van der Waals surface area contributed by atoms with Crippen molar-refractivity contribution in [3.05, 3.63) is 12.3 Å². The molecule has 2 atom stereocenters. The van der Waals surface area contributed by atoms with Crippen molar-refractivity contribution in [2.75, 3.05) is 37.0 Å². The third-order valence-corrected chi connectivity index (χ3v) is 3.29. The summed E-state index contributed by atoms with van der Waals surface area (Å²) in [5.41, 5.74) is 0. The normalized spacial score (nSPS) is 24.8. The topological polar surface area (TPSA) is 52.5 Å². The number of aliphatic hydroxyl groups excluding tert-OH is 1. The summed E-state index contributed by atoms with van der Waals surface area (Å²) in [6.07, 6.45) is 2.47. The van der Waals surface area contributed by atoms with Crippen LogP contribution < -0.4 is 9.80 Å². The van der Waals surface area contributed by atoms with Gasteiger partial charge in [-0.1, -0.05) is 6.92 Å². The minimum atomic E-state index is -0.282. The van der Waals surface area contributed by atoms with E-state index in [1.807, 2.05) is 25.1 Å². The Balaban J connectivity index is 2.14. The van der Waals surface area contributed by atoms with Gasteiger partial charge in [-0.2, -0.15) is 4.98 Å². The van der Waals surface area contributed by atoms with Gasteiger partial charge in [-0.15, -0.1) is 0 Å². The number of anilines is 2. The Hall–Kier alpha value is -1.36. The zero-order valence-electron chi connectivity index (χ0n) is 10.7. The lowest BCUT2D eigenvalue weighted by Crippen LogP contribution is -2.43. The molecule has 0 spiro atoms. The van der Waals surface area contributed by atoms with E-state index in [0.29, 0.717) is 18.4 Å².